The van der Waals surface area contributed by atoms with Crippen LogP contribution in [0.2, 0.25) is 0 Å². The first kappa shape index (κ1) is 10.2. The van der Waals surface area contributed by atoms with Crippen molar-refractivity contribution in [1.82, 2.24) is 0 Å². The molecule has 1 heteroatoms. The van der Waals surface area contributed by atoms with Gasteiger partial charge in [-0.15, -0.1) is 0 Å². The Morgan fingerprint density at radius 2 is 2.00 bits per heavy atom. The smallest absolute Gasteiger partial charge is 0.123 e. The first-order valence-electron chi connectivity index (χ1n) is 5.05. The highest BCUT2D eigenvalue weighted by Crippen LogP contribution is 2.32. The van der Waals surface area contributed by atoms with Crippen molar-refractivity contribution in [1.29, 1.82) is 0 Å². The number of rotatable bonds is 0. The number of fused-ring (bicyclic) bond motifs is 1. The van der Waals surface area contributed by atoms with Gasteiger partial charge < -0.3 is 0 Å². The quantitative estimate of drug-likeness (QED) is 0.568. The zero-order valence-corrected chi connectivity index (χ0v) is 8.60. The number of halogens is 1. The van der Waals surface area contributed by atoms with Crippen LogP contribution in [-0.4, -0.2) is 0 Å². The first-order valence-corrected chi connectivity index (χ1v) is 5.05. The summed E-state index contributed by atoms with van der Waals surface area (Å²) in [6.07, 6.45) is 2.23. The van der Waals surface area contributed by atoms with Crippen LogP contribution in [-0.2, 0) is 6.42 Å². The lowest BCUT2D eigenvalue weighted by Gasteiger charge is -2.02. The SMILES string of the molecule is CC.CC1CCc2cc(F)ccc21. The van der Waals surface area contributed by atoms with Crippen LogP contribution in [0.25, 0.3) is 0 Å². The molecule has 1 aliphatic carbocycles. The molecule has 0 N–H and O–H groups in total. The van der Waals surface area contributed by atoms with E-state index in [1.165, 1.54) is 17.5 Å². The van der Waals surface area contributed by atoms with E-state index in [1.807, 2.05) is 19.9 Å². The second kappa shape index (κ2) is 4.40. The highest BCUT2D eigenvalue weighted by Gasteiger charge is 2.17. The van der Waals surface area contributed by atoms with Gasteiger partial charge in [0.2, 0.25) is 0 Å². The summed E-state index contributed by atoms with van der Waals surface area (Å²) in [7, 11) is 0. The predicted molar refractivity (Wildman–Crippen MR) is 54.5 cm³/mol. The highest BCUT2D eigenvalue weighted by molar-refractivity contribution is 5.34. The van der Waals surface area contributed by atoms with Crippen LogP contribution in [0.15, 0.2) is 18.2 Å². The summed E-state index contributed by atoms with van der Waals surface area (Å²) in [5.74, 6) is 0.531. The number of hydrogen-bond acceptors (Lipinski definition) is 0. The lowest BCUT2D eigenvalue weighted by molar-refractivity contribution is 0.626. The molecule has 1 aliphatic rings. The lowest BCUT2D eigenvalue weighted by Crippen LogP contribution is -1.86. The van der Waals surface area contributed by atoms with E-state index in [1.54, 1.807) is 12.1 Å². The largest absolute Gasteiger partial charge is 0.207 e. The second-order valence-corrected chi connectivity index (χ2v) is 3.28. The molecule has 0 amide bonds. The van der Waals surface area contributed by atoms with Crippen molar-refractivity contribution in [3.05, 3.63) is 35.1 Å². The number of hydrogen-bond donors (Lipinski definition) is 0. The van der Waals surface area contributed by atoms with Gasteiger partial charge in [-0.25, -0.2) is 4.39 Å². The van der Waals surface area contributed by atoms with E-state index in [9.17, 15) is 4.39 Å². The van der Waals surface area contributed by atoms with Crippen LogP contribution in [0, 0.1) is 5.82 Å². The first-order chi connectivity index (χ1) is 6.27. The minimum atomic E-state index is -0.0992. The molecule has 72 valence electrons. The van der Waals surface area contributed by atoms with Gasteiger partial charge in [0, 0.05) is 0 Å². The van der Waals surface area contributed by atoms with E-state index >= 15 is 0 Å². The predicted octanol–water partition coefficient (Wildman–Crippen LogP) is 3.90. The van der Waals surface area contributed by atoms with Crippen molar-refractivity contribution in [3.8, 4) is 0 Å². The third-order valence-corrected chi connectivity index (χ3v) is 2.48. The summed E-state index contributed by atoms with van der Waals surface area (Å²) in [5, 5.41) is 0. The fourth-order valence-corrected chi connectivity index (χ4v) is 1.80. The van der Waals surface area contributed by atoms with Crippen LogP contribution in [0.5, 0.6) is 0 Å². The maximum Gasteiger partial charge on any atom is 0.123 e. The van der Waals surface area contributed by atoms with Gasteiger partial charge in [-0.3, -0.25) is 0 Å². The highest BCUT2D eigenvalue weighted by atomic mass is 19.1. The molecule has 2 rings (SSSR count). The standard InChI is InChI=1S/C10H11F.C2H6/c1-7-2-3-8-6-9(11)4-5-10(7)8;1-2/h4-7H,2-3H2,1H3;1-2H3. The molecular weight excluding hydrogens is 163 g/mol. The third-order valence-electron chi connectivity index (χ3n) is 2.48. The summed E-state index contributed by atoms with van der Waals surface area (Å²) in [4.78, 5) is 0. The van der Waals surface area contributed by atoms with Crippen molar-refractivity contribution < 1.29 is 4.39 Å². The molecule has 0 fully saturated rings. The Morgan fingerprint density at radius 3 is 2.69 bits per heavy atom. The van der Waals surface area contributed by atoms with Crippen molar-refractivity contribution in [2.45, 2.75) is 39.5 Å². The molecule has 0 radical (unpaired) electrons. The minimum absolute atomic E-state index is 0.0992. The summed E-state index contributed by atoms with van der Waals surface area (Å²) < 4.78 is 12.7. The molecule has 0 nitrogen and oxygen atoms in total. The van der Waals surface area contributed by atoms with Crippen molar-refractivity contribution in [2.24, 2.45) is 0 Å². The average Bonchev–Trinajstić information content (AvgIpc) is 2.51. The maximum atomic E-state index is 12.7. The summed E-state index contributed by atoms with van der Waals surface area (Å²) in [6, 6.07) is 5.14. The molecular formula is C12H17F. The molecule has 0 aromatic heterocycles. The van der Waals surface area contributed by atoms with E-state index in [4.69, 9.17) is 0 Å². The van der Waals surface area contributed by atoms with E-state index in [0.29, 0.717) is 5.92 Å². The molecule has 0 spiro atoms. The van der Waals surface area contributed by atoms with Crippen molar-refractivity contribution >= 4 is 0 Å². The second-order valence-electron chi connectivity index (χ2n) is 3.28. The molecule has 1 aromatic carbocycles. The van der Waals surface area contributed by atoms with Gasteiger partial charge in [-0.1, -0.05) is 26.8 Å². The lowest BCUT2D eigenvalue weighted by atomic mass is 10.0. The van der Waals surface area contributed by atoms with E-state index in [-0.39, 0.29) is 5.82 Å². The zero-order chi connectivity index (χ0) is 9.84. The van der Waals surface area contributed by atoms with Crippen LogP contribution in [0.4, 0.5) is 4.39 Å². The Balaban J connectivity index is 0.000000396. The van der Waals surface area contributed by atoms with Crippen LogP contribution in [0.1, 0.15) is 44.2 Å². The molecule has 0 saturated heterocycles. The summed E-state index contributed by atoms with van der Waals surface area (Å²) in [6.45, 7) is 6.20. The monoisotopic (exact) mass is 180 g/mol. The van der Waals surface area contributed by atoms with Crippen molar-refractivity contribution in [2.75, 3.05) is 0 Å². The van der Waals surface area contributed by atoms with E-state index < -0.39 is 0 Å². The summed E-state index contributed by atoms with van der Waals surface area (Å²) in [5.41, 5.74) is 2.55. The van der Waals surface area contributed by atoms with Gasteiger partial charge in [-0.05, 0) is 42.0 Å². The molecule has 0 bridgehead atoms. The van der Waals surface area contributed by atoms with Gasteiger partial charge in [-0.2, -0.15) is 0 Å². The Labute approximate surface area is 79.8 Å². The Kier molecular flexibility index (Phi) is 3.47. The molecule has 1 unspecified atom stereocenters. The number of aryl methyl sites for hydroxylation is 1. The van der Waals surface area contributed by atoms with Gasteiger partial charge in [0.15, 0.2) is 0 Å². The minimum Gasteiger partial charge on any atom is -0.207 e. The Bertz CT molecular complexity index is 278. The molecule has 0 aliphatic heterocycles. The maximum absolute atomic E-state index is 12.7. The van der Waals surface area contributed by atoms with E-state index in [0.717, 1.165) is 6.42 Å². The molecule has 13 heavy (non-hydrogen) atoms. The fourth-order valence-electron chi connectivity index (χ4n) is 1.80. The van der Waals surface area contributed by atoms with Gasteiger partial charge >= 0.3 is 0 Å². The summed E-state index contributed by atoms with van der Waals surface area (Å²) >= 11 is 0. The Hall–Kier alpha value is -0.850. The molecule has 1 atom stereocenters. The zero-order valence-electron chi connectivity index (χ0n) is 8.60. The van der Waals surface area contributed by atoms with Crippen molar-refractivity contribution in [3.63, 3.8) is 0 Å². The Morgan fingerprint density at radius 1 is 1.31 bits per heavy atom. The van der Waals surface area contributed by atoms with E-state index in [2.05, 4.69) is 6.92 Å². The van der Waals surface area contributed by atoms with Crippen LogP contribution < -0.4 is 0 Å². The van der Waals surface area contributed by atoms with Crippen LogP contribution in [0.3, 0.4) is 0 Å². The molecule has 1 aromatic rings. The molecule has 0 heterocycles. The van der Waals surface area contributed by atoms with Gasteiger partial charge in [0.25, 0.3) is 0 Å². The number of benzene rings is 1. The van der Waals surface area contributed by atoms with Gasteiger partial charge in [0.05, 0.1) is 0 Å². The molecule has 0 saturated carbocycles. The topological polar surface area (TPSA) is 0 Å². The normalized spacial score (nSPS) is 18.9. The van der Waals surface area contributed by atoms with Gasteiger partial charge in [0.1, 0.15) is 5.82 Å². The average molecular weight is 180 g/mol. The fraction of sp³-hybridized carbons (Fsp3) is 0.500. The van der Waals surface area contributed by atoms with Crippen LogP contribution >= 0.6 is 0 Å². The third kappa shape index (κ3) is 2.09.